The van der Waals surface area contributed by atoms with E-state index in [2.05, 4.69) is 15.9 Å². The summed E-state index contributed by atoms with van der Waals surface area (Å²) >= 11 is 3.14. The van der Waals surface area contributed by atoms with Gasteiger partial charge in [-0.2, -0.15) is 5.26 Å². The minimum atomic E-state index is -3.86. The van der Waals surface area contributed by atoms with Gasteiger partial charge in [-0.3, -0.25) is 0 Å². The molecule has 102 valence electrons. The van der Waals surface area contributed by atoms with E-state index in [1.54, 1.807) is 19.9 Å². The lowest BCUT2D eigenvalue weighted by molar-refractivity contribution is 0.0696. The third-order valence-corrected chi connectivity index (χ3v) is 5.79. The van der Waals surface area contributed by atoms with Crippen molar-refractivity contribution in [3.05, 3.63) is 27.7 Å². The van der Waals surface area contributed by atoms with Crippen LogP contribution in [0.3, 0.4) is 0 Å². The molecule has 0 aliphatic heterocycles. The molecule has 0 aromatic heterocycles. The van der Waals surface area contributed by atoms with Crippen molar-refractivity contribution in [3.63, 3.8) is 0 Å². The molecule has 7 heteroatoms. The van der Waals surface area contributed by atoms with E-state index >= 15 is 0 Å². The molecule has 1 aromatic carbocycles. The molecule has 0 saturated carbocycles. The van der Waals surface area contributed by atoms with E-state index in [4.69, 9.17) is 10.4 Å². The van der Waals surface area contributed by atoms with Gasteiger partial charge >= 0.3 is 5.97 Å². The third kappa shape index (κ3) is 2.96. The molecular formula is C12H12BrNO4S. The summed E-state index contributed by atoms with van der Waals surface area (Å²) < 4.78 is 25.0. The smallest absolute Gasteiger partial charge is 0.335 e. The predicted octanol–water partition coefficient (Wildman–Crippen LogP) is 2.53. The van der Waals surface area contributed by atoms with Crippen LogP contribution in [0.25, 0.3) is 0 Å². The Morgan fingerprint density at radius 1 is 1.53 bits per heavy atom. The molecule has 0 bridgehead atoms. The minimum absolute atomic E-state index is 0.118. The highest BCUT2D eigenvalue weighted by atomic mass is 79.9. The van der Waals surface area contributed by atoms with Gasteiger partial charge in [0.25, 0.3) is 0 Å². The van der Waals surface area contributed by atoms with E-state index in [1.807, 2.05) is 0 Å². The normalized spacial score (nSPS) is 12.7. The van der Waals surface area contributed by atoms with Crippen LogP contribution < -0.4 is 0 Å². The first-order valence-electron chi connectivity index (χ1n) is 5.42. The quantitative estimate of drug-likeness (QED) is 0.904. The van der Waals surface area contributed by atoms with E-state index in [0.29, 0.717) is 10.0 Å². The van der Waals surface area contributed by atoms with Crippen LogP contribution in [0.5, 0.6) is 0 Å². The lowest BCUT2D eigenvalue weighted by Crippen LogP contribution is -2.20. The zero-order valence-electron chi connectivity index (χ0n) is 10.3. The minimum Gasteiger partial charge on any atom is -0.478 e. The predicted molar refractivity (Wildman–Crippen MR) is 72.7 cm³/mol. The van der Waals surface area contributed by atoms with Crippen LogP contribution in [0.1, 0.15) is 29.3 Å². The maximum atomic E-state index is 12.3. The van der Waals surface area contributed by atoms with Gasteiger partial charge in [-0.15, -0.1) is 0 Å². The van der Waals surface area contributed by atoms with Gasteiger partial charge < -0.3 is 5.11 Å². The molecule has 0 spiro atoms. The van der Waals surface area contributed by atoms with Crippen molar-refractivity contribution < 1.29 is 18.3 Å². The summed E-state index contributed by atoms with van der Waals surface area (Å²) in [4.78, 5) is 10.9. The Balaban J connectivity index is 3.60. The second kappa shape index (κ2) is 5.72. The summed E-state index contributed by atoms with van der Waals surface area (Å²) in [5.41, 5.74) is 0.266. The van der Waals surface area contributed by atoms with Crippen LogP contribution in [0.4, 0.5) is 0 Å². The monoisotopic (exact) mass is 345 g/mol. The largest absolute Gasteiger partial charge is 0.478 e. The van der Waals surface area contributed by atoms with Crippen molar-refractivity contribution in [3.8, 4) is 6.07 Å². The summed E-state index contributed by atoms with van der Waals surface area (Å²) in [7, 11) is -3.86. The number of carboxylic acids is 1. The molecule has 19 heavy (non-hydrogen) atoms. The van der Waals surface area contributed by atoms with Crippen LogP contribution in [0.2, 0.25) is 0 Å². The first-order valence-corrected chi connectivity index (χ1v) is 7.76. The lowest BCUT2D eigenvalue weighted by Gasteiger charge is -2.13. The summed E-state index contributed by atoms with van der Waals surface area (Å²) in [5, 5.41) is 16.7. The number of carbonyl (C=O) groups is 1. The number of sulfone groups is 1. The number of hydrogen-bond acceptors (Lipinski definition) is 4. The molecule has 1 unspecified atom stereocenters. The van der Waals surface area contributed by atoms with Crippen molar-refractivity contribution in [1.29, 1.82) is 5.26 Å². The number of hydrogen-bond donors (Lipinski definition) is 1. The molecule has 1 N–H and O–H groups in total. The maximum absolute atomic E-state index is 12.3. The maximum Gasteiger partial charge on any atom is 0.335 e. The lowest BCUT2D eigenvalue weighted by atomic mass is 10.1. The Morgan fingerprint density at radius 3 is 2.53 bits per heavy atom. The number of halogens is 1. The van der Waals surface area contributed by atoms with E-state index < -0.39 is 21.1 Å². The zero-order chi connectivity index (χ0) is 14.8. The molecule has 0 fully saturated rings. The third-order valence-electron chi connectivity index (χ3n) is 2.74. The highest BCUT2D eigenvalue weighted by Crippen LogP contribution is 2.29. The van der Waals surface area contributed by atoms with Gasteiger partial charge in [0.15, 0.2) is 15.1 Å². The van der Waals surface area contributed by atoms with Crippen molar-refractivity contribution in [2.75, 3.05) is 0 Å². The number of carboxylic acid groups (broad SMARTS) is 1. The highest BCUT2D eigenvalue weighted by molar-refractivity contribution is 9.10. The summed E-state index contributed by atoms with van der Waals surface area (Å²) in [6, 6.07) is 4.17. The summed E-state index contributed by atoms with van der Waals surface area (Å²) in [6.45, 7) is 3.16. The zero-order valence-corrected chi connectivity index (χ0v) is 12.7. The highest BCUT2D eigenvalue weighted by Gasteiger charge is 2.29. The number of aromatic carboxylic acids is 1. The van der Waals surface area contributed by atoms with E-state index in [9.17, 15) is 13.2 Å². The van der Waals surface area contributed by atoms with Crippen LogP contribution in [0, 0.1) is 18.3 Å². The van der Waals surface area contributed by atoms with Crippen LogP contribution >= 0.6 is 15.9 Å². The molecule has 0 radical (unpaired) electrons. The van der Waals surface area contributed by atoms with Gasteiger partial charge in [0.1, 0.15) is 0 Å². The first kappa shape index (κ1) is 15.7. The Kier molecular flexibility index (Phi) is 4.71. The van der Waals surface area contributed by atoms with Crippen molar-refractivity contribution >= 4 is 31.7 Å². The fourth-order valence-electron chi connectivity index (χ4n) is 1.61. The first-order chi connectivity index (χ1) is 8.75. The summed E-state index contributed by atoms with van der Waals surface area (Å²) in [6.07, 6.45) is 0.146. The summed E-state index contributed by atoms with van der Waals surface area (Å²) in [5.74, 6) is -1.22. The molecule has 1 rings (SSSR count). The fraction of sp³-hybridized carbons (Fsp3) is 0.333. The van der Waals surface area contributed by atoms with Crippen molar-refractivity contribution in [2.45, 2.75) is 30.4 Å². The van der Waals surface area contributed by atoms with Crippen LogP contribution in [0.15, 0.2) is 21.5 Å². The molecule has 0 saturated heterocycles. The SMILES string of the molecule is CCC(C#N)S(=O)(=O)c1cc(C(=O)O)cc(Br)c1C. The molecule has 1 atom stereocenters. The van der Waals surface area contributed by atoms with Gasteiger partial charge in [-0.05, 0) is 31.0 Å². The van der Waals surface area contributed by atoms with Crippen molar-refractivity contribution in [1.82, 2.24) is 0 Å². The molecule has 5 nitrogen and oxygen atoms in total. The van der Waals surface area contributed by atoms with Gasteiger partial charge in [0.05, 0.1) is 16.5 Å². The fourth-order valence-corrected chi connectivity index (χ4v) is 3.91. The Hall–Kier alpha value is -1.39. The van der Waals surface area contributed by atoms with E-state index in [0.717, 1.165) is 6.07 Å². The molecule has 0 aliphatic rings. The van der Waals surface area contributed by atoms with Gasteiger partial charge in [-0.25, -0.2) is 13.2 Å². The Labute approximate surface area is 119 Å². The van der Waals surface area contributed by atoms with Crippen LogP contribution in [-0.4, -0.2) is 24.7 Å². The van der Waals surface area contributed by atoms with E-state index in [-0.39, 0.29) is 16.9 Å². The Bertz CT molecular complexity index is 661. The second-order valence-electron chi connectivity index (χ2n) is 3.96. The number of nitriles is 1. The molecule has 0 heterocycles. The average Bonchev–Trinajstić information content (AvgIpc) is 2.33. The Morgan fingerprint density at radius 2 is 2.11 bits per heavy atom. The number of benzene rings is 1. The molecule has 0 aliphatic carbocycles. The standard InChI is InChI=1S/C12H12BrNO4S/c1-3-9(6-14)19(17,18)11-5-8(12(15)16)4-10(13)7(11)2/h4-5,9H,3H2,1-2H3,(H,15,16). The van der Waals surface area contributed by atoms with Crippen LogP contribution in [-0.2, 0) is 9.84 Å². The molecular weight excluding hydrogens is 334 g/mol. The molecule has 0 amide bonds. The van der Waals surface area contributed by atoms with E-state index in [1.165, 1.54) is 6.07 Å². The second-order valence-corrected chi connectivity index (χ2v) is 6.91. The topological polar surface area (TPSA) is 95.2 Å². The van der Waals surface area contributed by atoms with Crippen molar-refractivity contribution in [2.24, 2.45) is 0 Å². The van der Waals surface area contributed by atoms with Gasteiger partial charge in [0.2, 0.25) is 0 Å². The molecule has 1 aromatic rings. The van der Waals surface area contributed by atoms with Gasteiger partial charge in [-0.1, -0.05) is 22.9 Å². The van der Waals surface area contributed by atoms with Gasteiger partial charge in [0, 0.05) is 4.47 Å². The number of nitrogens with zero attached hydrogens (tertiary/aromatic N) is 1. The number of rotatable bonds is 4. The average molecular weight is 346 g/mol.